The van der Waals surface area contributed by atoms with Crippen LogP contribution < -0.4 is 0 Å². The monoisotopic (exact) mass is 628 g/mol. The number of halogens is 1. The Morgan fingerprint density at radius 2 is 1.65 bits per heavy atom. The van der Waals surface area contributed by atoms with Crippen molar-refractivity contribution in [3.8, 4) is 0 Å². The first kappa shape index (κ1) is 34.3. The number of aliphatic hydroxyl groups is 5. The molecule has 0 amide bonds. The van der Waals surface area contributed by atoms with Crippen LogP contribution in [0.15, 0.2) is 0 Å². The van der Waals surface area contributed by atoms with Crippen LogP contribution in [0.3, 0.4) is 0 Å². The molecule has 7 nitrogen and oxygen atoms in total. The Morgan fingerprint density at radius 3 is 2.30 bits per heavy atom. The Kier molecular flexibility index (Phi) is 10.3. The molecular formula is C35H61ClO7. The van der Waals surface area contributed by atoms with Crippen molar-refractivity contribution >= 4 is 11.6 Å². The zero-order valence-corrected chi connectivity index (χ0v) is 28.3. The summed E-state index contributed by atoms with van der Waals surface area (Å²) in [6.45, 7) is 13.9. The summed E-state index contributed by atoms with van der Waals surface area (Å²) in [5.74, 6) is 4.64. The van der Waals surface area contributed by atoms with E-state index < -0.39 is 54.4 Å². The van der Waals surface area contributed by atoms with Crippen LogP contribution in [0.5, 0.6) is 0 Å². The van der Waals surface area contributed by atoms with Crippen molar-refractivity contribution in [2.75, 3.05) is 6.61 Å². The average Bonchev–Trinajstić information content (AvgIpc) is 3.32. The predicted molar refractivity (Wildman–Crippen MR) is 167 cm³/mol. The molecular weight excluding hydrogens is 568 g/mol. The molecule has 5 fully saturated rings. The summed E-state index contributed by atoms with van der Waals surface area (Å²) in [7, 11) is 0. The third-order valence-corrected chi connectivity index (χ3v) is 14.7. The largest absolute Gasteiger partial charge is 0.394 e. The van der Waals surface area contributed by atoms with E-state index in [0.29, 0.717) is 36.0 Å². The van der Waals surface area contributed by atoms with Crippen molar-refractivity contribution in [1.29, 1.82) is 0 Å². The smallest absolute Gasteiger partial charge is 0.186 e. The second kappa shape index (κ2) is 12.9. The van der Waals surface area contributed by atoms with Gasteiger partial charge in [0.05, 0.1) is 23.7 Å². The average molecular weight is 629 g/mol. The molecule has 0 aromatic rings. The fourth-order valence-electron chi connectivity index (χ4n) is 11.3. The lowest BCUT2D eigenvalue weighted by Gasteiger charge is -2.65. The second-order valence-corrected chi connectivity index (χ2v) is 16.8. The van der Waals surface area contributed by atoms with Crippen LogP contribution in [0.4, 0.5) is 0 Å². The minimum Gasteiger partial charge on any atom is -0.394 e. The number of fused-ring (bicyclic) bond motifs is 5. The molecule has 0 aromatic heterocycles. The van der Waals surface area contributed by atoms with Crippen molar-refractivity contribution in [3.05, 3.63) is 0 Å². The quantitative estimate of drug-likeness (QED) is 0.175. The maximum absolute atomic E-state index is 12.4. The van der Waals surface area contributed by atoms with Crippen LogP contribution in [-0.2, 0) is 9.47 Å². The van der Waals surface area contributed by atoms with Gasteiger partial charge in [-0.15, -0.1) is 11.6 Å². The highest BCUT2D eigenvalue weighted by molar-refractivity contribution is 6.21. The molecule has 5 rings (SSSR count). The number of ether oxygens (including phenoxy) is 2. The molecule has 1 heterocycles. The maximum atomic E-state index is 12.4. The van der Waals surface area contributed by atoms with Crippen LogP contribution in [0.2, 0.25) is 0 Å². The van der Waals surface area contributed by atoms with Gasteiger partial charge >= 0.3 is 0 Å². The van der Waals surface area contributed by atoms with E-state index in [9.17, 15) is 25.5 Å². The first-order valence-corrected chi connectivity index (χ1v) is 18.0. The number of rotatable bonds is 9. The molecule has 1 saturated heterocycles. The Morgan fingerprint density at radius 1 is 0.930 bits per heavy atom. The van der Waals surface area contributed by atoms with Crippen LogP contribution in [0, 0.1) is 52.3 Å². The van der Waals surface area contributed by atoms with Gasteiger partial charge in [-0.3, -0.25) is 0 Å². The van der Waals surface area contributed by atoms with Gasteiger partial charge in [-0.2, -0.15) is 0 Å². The summed E-state index contributed by atoms with van der Waals surface area (Å²) >= 11 is 7.24. The summed E-state index contributed by atoms with van der Waals surface area (Å²) in [6, 6.07) is 0. The lowest BCUT2D eigenvalue weighted by molar-refractivity contribution is -0.322. The lowest BCUT2D eigenvalue weighted by Crippen LogP contribution is -2.68. The van der Waals surface area contributed by atoms with Crippen molar-refractivity contribution in [2.24, 2.45) is 52.3 Å². The Bertz CT molecular complexity index is 949. The van der Waals surface area contributed by atoms with Crippen LogP contribution >= 0.6 is 11.6 Å². The van der Waals surface area contributed by atoms with Gasteiger partial charge in [-0.25, -0.2) is 0 Å². The summed E-state index contributed by atoms with van der Waals surface area (Å²) in [5, 5.41) is 52.5. The molecule has 8 heteroatoms. The highest BCUT2D eigenvalue weighted by atomic mass is 35.5. The number of aliphatic hydroxyl groups excluding tert-OH is 4. The predicted octanol–water partition coefficient (Wildman–Crippen LogP) is 5.26. The molecule has 4 aliphatic carbocycles. The van der Waals surface area contributed by atoms with E-state index in [4.69, 9.17) is 21.1 Å². The van der Waals surface area contributed by atoms with E-state index >= 15 is 0 Å². The summed E-state index contributed by atoms with van der Waals surface area (Å²) < 4.78 is 11.8. The second-order valence-electron chi connectivity index (χ2n) is 16.3. The van der Waals surface area contributed by atoms with E-state index in [2.05, 4.69) is 41.5 Å². The van der Waals surface area contributed by atoms with Crippen molar-refractivity contribution in [2.45, 2.75) is 160 Å². The number of hydrogen-bond donors (Lipinski definition) is 5. The molecule has 5 aliphatic rings. The fraction of sp³-hybridized carbons (Fsp3) is 1.00. The molecule has 1 aliphatic heterocycles. The third-order valence-electron chi connectivity index (χ3n) is 14.2. The minimum atomic E-state index is -1.48. The van der Waals surface area contributed by atoms with Crippen LogP contribution in [-0.4, -0.2) is 79.9 Å². The zero-order valence-electron chi connectivity index (χ0n) is 27.5. The Labute approximate surface area is 265 Å². The number of hydrogen-bond acceptors (Lipinski definition) is 7. The molecule has 0 radical (unpaired) electrons. The molecule has 0 unspecified atom stereocenters. The van der Waals surface area contributed by atoms with E-state index in [0.717, 1.165) is 42.9 Å². The van der Waals surface area contributed by atoms with Gasteiger partial charge in [0, 0.05) is 11.8 Å². The molecule has 4 saturated carbocycles. The SMILES string of the molecule is CC[C@H](CC[C@@H](C)[C@H]1CC[C@H]2[C@@H]3C[C@H](Cl)[C@]4(O)C[C@@H](O[C@@H]5O[C@H](CO)[C@@H](O)[C@H](O)[C@H]5O)CC[C@]4(C)[C@H]3CC[C@]12C)C(C)C. The van der Waals surface area contributed by atoms with Crippen molar-refractivity contribution < 1.29 is 35.0 Å². The molecule has 0 bridgehead atoms. The summed E-state index contributed by atoms with van der Waals surface area (Å²) in [6.07, 6.45) is 4.49. The van der Waals surface area contributed by atoms with Gasteiger partial charge < -0.3 is 35.0 Å². The van der Waals surface area contributed by atoms with E-state index in [1.165, 1.54) is 38.5 Å². The van der Waals surface area contributed by atoms with Crippen LogP contribution in [0.25, 0.3) is 0 Å². The van der Waals surface area contributed by atoms with Gasteiger partial charge in [-0.1, -0.05) is 54.4 Å². The normalized spacial score (nSPS) is 51.4. The van der Waals surface area contributed by atoms with Gasteiger partial charge in [-0.05, 0) is 98.2 Å². The van der Waals surface area contributed by atoms with Gasteiger partial charge in [0.1, 0.15) is 24.4 Å². The highest BCUT2D eigenvalue weighted by Gasteiger charge is 2.67. The highest BCUT2D eigenvalue weighted by Crippen LogP contribution is 2.70. The van der Waals surface area contributed by atoms with E-state index in [1.54, 1.807) is 0 Å². The molecule has 250 valence electrons. The Hall–Kier alpha value is 0.01000. The fourth-order valence-corrected chi connectivity index (χ4v) is 11.9. The van der Waals surface area contributed by atoms with Gasteiger partial charge in [0.15, 0.2) is 6.29 Å². The third kappa shape index (κ3) is 5.76. The minimum absolute atomic E-state index is 0.325. The first-order valence-electron chi connectivity index (χ1n) is 17.5. The molecule has 5 N–H and O–H groups in total. The molecule has 16 atom stereocenters. The maximum Gasteiger partial charge on any atom is 0.186 e. The molecule has 43 heavy (non-hydrogen) atoms. The lowest BCUT2D eigenvalue weighted by atomic mass is 9.43. The summed E-state index contributed by atoms with van der Waals surface area (Å²) in [5.41, 5.74) is -1.10. The summed E-state index contributed by atoms with van der Waals surface area (Å²) in [4.78, 5) is 0. The van der Waals surface area contributed by atoms with E-state index in [1.807, 2.05) is 0 Å². The first-order chi connectivity index (χ1) is 20.2. The molecule has 0 spiro atoms. The molecule has 0 aromatic carbocycles. The van der Waals surface area contributed by atoms with Gasteiger partial charge in [0.2, 0.25) is 0 Å². The Balaban J connectivity index is 1.27. The topological polar surface area (TPSA) is 120 Å². The van der Waals surface area contributed by atoms with Crippen LogP contribution in [0.1, 0.15) is 112 Å². The van der Waals surface area contributed by atoms with Crippen molar-refractivity contribution in [3.63, 3.8) is 0 Å². The standard InChI is InChI=1S/C35H61ClO7/c1-7-21(19(2)3)9-8-20(4)24-10-11-25-23-16-28(36)35(41)17-22(12-15-34(35,6)26(23)13-14-33(24,25)5)42-32-31(40)30(39)29(38)27(18-37)43-32/h19-32,37-41H,7-18H2,1-6H3/t20-,21-,22+,23+,24-,25+,26+,27-,28+,29-,30+,31-,32-,33-,34-,35-/m1/s1. The number of alkyl halides is 1. The van der Waals surface area contributed by atoms with Crippen molar-refractivity contribution in [1.82, 2.24) is 0 Å². The zero-order chi connectivity index (χ0) is 31.5. The van der Waals surface area contributed by atoms with Gasteiger partial charge in [0.25, 0.3) is 0 Å². The van der Waals surface area contributed by atoms with E-state index in [-0.39, 0.29) is 5.41 Å².